The minimum Gasteiger partial charge on any atom is -0.493 e. The van der Waals surface area contributed by atoms with Gasteiger partial charge < -0.3 is 20.1 Å². The Hall–Kier alpha value is -1.23. The molecule has 0 aliphatic heterocycles. The summed E-state index contributed by atoms with van der Waals surface area (Å²) < 4.78 is 34.2. The van der Waals surface area contributed by atoms with Gasteiger partial charge in [0.1, 0.15) is 9.84 Å². The summed E-state index contributed by atoms with van der Waals surface area (Å²) in [5.74, 6) is 2.49. The van der Waals surface area contributed by atoms with Crippen LogP contribution in [0.25, 0.3) is 0 Å². The van der Waals surface area contributed by atoms with Crippen LogP contribution in [0.2, 0.25) is 0 Å². The van der Waals surface area contributed by atoms with Crippen molar-refractivity contribution in [3.63, 3.8) is 0 Å². The summed E-state index contributed by atoms with van der Waals surface area (Å²) >= 11 is 0. The van der Waals surface area contributed by atoms with Gasteiger partial charge in [-0.1, -0.05) is 6.07 Å². The fourth-order valence-electron chi connectivity index (χ4n) is 3.31. The first-order valence-corrected chi connectivity index (χ1v) is 12.4. The average molecular weight is 554 g/mol. The number of hydrogen-bond donors (Lipinski definition) is 2. The Kier molecular flexibility index (Phi) is 11.2. The lowest BCUT2D eigenvalue weighted by atomic mass is 10.1. The van der Waals surface area contributed by atoms with Crippen LogP contribution in [-0.2, 0) is 16.3 Å². The van der Waals surface area contributed by atoms with Crippen LogP contribution in [0.5, 0.6) is 11.5 Å². The molecular weight excluding hydrogens is 517 g/mol. The molecule has 0 atom stereocenters. The molecule has 172 valence electrons. The van der Waals surface area contributed by atoms with E-state index in [4.69, 9.17) is 9.47 Å². The third-order valence-electron chi connectivity index (χ3n) is 4.90. The smallest absolute Gasteiger partial charge is 0.191 e. The number of aliphatic imine (C=N–C) groups is 1. The SMILES string of the molecule is CCNC(=NCC1(CS(C)(=O)=O)CC1)NCCCc1ccc(OC)c(OCC)c1.I. The third-order valence-corrected chi connectivity index (χ3v) is 6.04. The highest BCUT2D eigenvalue weighted by Gasteiger charge is 2.45. The first-order valence-electron chi connectivity index (χ1n) is 10.3. The van der Waals surface area contributed by atoms with E-state index in [2.05, 4.69) is 21.7 Å². The van der Waals surface area contributed by atoms with Gasteiger partial charge >= 0.3 is 0 Å². The summed E-state index contributed by atoms with van der Waals surface area (Å²) in [5, 5.41) is 6.59. The molecule has 0 aromatic heterocycles. The van der Waals surface area contributed by atoms with Crippen molar-refractivity contribution >= 4 is 39.8 Å². The number of rotatable bonds is 12. The van der Waals surface area contributed by atoms with Gasteiger partial charge in [-0.2, -0.15) is 0 Å². The van der Waals surface area contributed by atoms with Gasteiger partial charge in [0.05, 0.1) is 19.5 Å². The number of methoxy groups -OCH3 is 1. The number of aryl methyl sites for hydroxylation is 1. The largest absolute Gasteiger partial charge is 0.493 e. The molecule has 1 aliphatic rings. The predicted octanol–water partition coefficient (Wildman–Crippen LogP) is 3.02. The van der Waals surface area contributed by atoms with Crippen LogP contribution in [-0.4, -0.2) is 59.7 Å². The Morgan fingerprint density at radius 3 is 2.50 bits per heavy atom. The molecule has 2 N–H and O–H groups in total. The zero-order valence-corrected chi connectivity index (χ0v) is 21.6. The van der Waals surface area contributed by atoms with E-state index in [0.29, 0.717) is 13.2 Å². The van der Waals surface area contributed by atoms with E-state index in [0.717, 1.165) is 56.2 Å². The lowest BCUT2D eigenvalue weighted by molar-refractivity contribution is 0.310. The highest BCUT2D eigenvalue weighted by atomic mass is 127. The lowest BCUT2D eigenvalue weighted by Crippen LogP contribution is -2.38. The summed E-state index contributed by atoms with van der Waals surface area (Å²) in [6.07, 6.45) is 5.02. The van der Waals surface area contributed by atoms with Crippen LogP contribution < -0.4 is 20.1 Å². The Balaban J connectivity index is 0.00000450. The standard InChI is InChI=1S/C21H35N3O4S.HI/c1-5-22-20(24-15-21(11-12-21)16-29(4,25)26)23-13-7-8-17-9-10-18(27-3)19(14-17)28-6-2;/h9-10,14H,5-8,11-13,15-16H2,1-4H3,(H2,22,23,24);1H. The van der Waals surface area contributed by atoms with Gasteiger partial charge in [0.15, 0.2) is 17.5 Å². The molecule has 1 aliphatic carbocycles. The summed E-state index contributed by atoms with van der Waals surface area (Å²) in [5.41, 5.74) is 1.04. The van der Waals surface area contributed by atoms with E-state index in [-0.39, 0.29) is 35.1 Å². The fourth-order valence-corrected chi connectivity index (χ4v) is 4.81. The molecule has 9 heteroatoms. The number of nitrogens with zero attached hydrogens (tertiary/aromatic N) is 1. The van der Waals surface area contributed by atoms with Gasteiger partial charge in [0, 0.05) is 31.3 Å². The predicted molar refractivity (Wildman–Crippen MR) is 133 cm³/mol. The number of guanidine groups is 1. The molecule has 1 saturated carbocycles. The molecule has 1 fully saturated rings. The number of ether oxygens (including phenoxy) is 2. The first-order chi connectivity index (χ1) is 13.8. The highest BCUT2D eigenvalue weighted by molar-refractivity contribution is 14.0. The van der Waals surface area contributed by atoms with Crippen LogP contribution in [0, 0.1) is 5.41 Å². The van der Waals surface area contributed by atoms with Gasteiger partial charge in [-0.25, -0.2) is 8.42 Å². The normalized spacial score (nSPS) is 15.1. The van der Waals surface area contributed by atoms with E-state index in [1.807, 2.05) is 26.0 Å². The summed E-state index contributed by atoms with van der Waals surface area (Å²) in [4.78, 5) is 4.63. The van der Waals surface area contributed by atoms with Crippen LogP contribution in [0.4, 0.5) is 0 Å². The maximum Gasteiger partial charge on any atom is 0.191 e. The van der Waals surface area contributed by atoms with Gasteiger partial charge in [-0.3, -0.25) is 4.99 Å². The van der Waals surface area contributed by atoms with Crippen molar-refractivity contribution in [1.82, 2.24) is 10.6 Å². The van der Waals surface area contributed by atoms with E-state index in [1.165, 1.54) is 11.8 Å². The van der Waals surface area contributed by atoms with Gasteiger partial charge in [-0.15, -0.1) is 24.0 Å². The molecule has 0 spiro atoms. The molecule has 2 rings (SSSR count). The number of halogens is 1. The van der Waals surface area contributed by atoms with Crippen LogP contribution in [0.3, 0.4) is 0 Å². The number of hydrogen-bond acceptors (Lipinski definition) is 5. The molecule has 0 bridgehead atoms. The molecule has 1 aromatic carbocycles. The zero-order chi connectivity index (χ0) is 21.3. The Labute approximate surface area is 198 Å². The second-order valence-electron chi connectivity index (χ2n) is 7.71. The van der Waals surface area contributed by atoms with E-state index >= 15 is 0 Å². The van der Waals surface area contributed by atoms with Crippen molar-refractivity contribution in [2.45, 2.75) is 39.5 Å². The highest BCUT2D eigenvalue weighted by Crippen LogP contribution is 2.46. The Bertz CT molecular complexity index is 795. The van der Waals surface area contributed by atoms with E-state index in [1.54, 1.807) is 7.11 Å². The maximum atomic E-state index is 11.6. The molecule has 0 radical (unpaired) electrons. The molecule has 7 nitrogen and oxygen atoms in total. The van der Waals surface area contributed by atoms with Crippen molar-refractivity contribution in [2.24, 2.45) is 10.4 Å². The number of nitrogens with one attached hydrogen (secondary N) is 2. The van der Waals surface area contributed by atoms with Crippen molar-refractivity contribution < 1.29 is 17.9 Å². The van der Waals surface area contributed by atoms with Crippen molar-refractivity contribution in [1.29, 1.82) is 0 Å². The Morgan fingerprint density at radius 1 is 1.20 bits per heavy atom. The van der Waals surface area contributed by atoms with Gasteiger partial charge in [0.2, 0.25) is 0 Å². The molecule has 0 saturated heterocycles. The number of benzene rings is 1. The molecule has 30 heavy (non-hydrogen) atoms. The summed E-state index contributed by atoms with van der Waals surface area (Å²) in [6.45, 7) is 6.67. The fraction of sp³-hybridized carbons (Fsp3) is 0.667. The topological polar surface area (TPSA) is 89.0 Å². The quantitative estimate of drug-likeness (QED) is 0.179. The summed E-state index contributed by atoms with van der Waals surface area (Å²) in [6, 6.07) is 6.03. The molecule has 1 aromatic rings. The van der Waals surface area contributed by atoms with E-state index in [9.17, 15) is 8.42 Å². The lowest BCUT2D eigenvalue weighted by Gasteiger charge is -2.15. The minimum absolute atomic E-state index is 0. The molecular formula is C21H36IN3O4S. The second-order valence-corrected chi connectivity index (χ2v) is 9.85. The maximum absolute atomic E-state index is 11.6. The first kappa shape index (κ1) is 26.8. The van der Waals surface area contributed by atoms with Gasteiger partial charge in [-0.05, 0) is 57.2 Å². The Morgan fingerprint density at radius 2 is 1.93 bits per heavy atom. The third kappa shape index (κ3) is 9.28. The van der Waals surface area contributed by atoms with E-state index < -0.39 is 9.84 Å². The summed E-state index contributed by atoms with van der Waals surface area (Å²) in [7, 11) is -1.33. The average Bonchev–Trinajstić information content (AvgIpc) is 3.41. The minimum atomic E-state index is -2.97. The molecule has 0 heterocycles. The van der Waals surface area contributed by atoms with Crippen LogP contribution in [0.15, 0.2) is 23.2 Å². The van der Waals surface area contributed by atoms with Crippen LogP contribution in [0.1, 0.15) is 38.7 Å². The van der Waals surface area contributed by atoms with Crippen molar-refractivity contribution in [3.05, 3.63) is 23.8 Å². The van der Waals surface area contributed by atoms with Crippen molar-refractivity contribution in [2.75, 3.05) is 45.4 Å². The molecule has 0 amide bonds. The van der Waals surface area contributed by atoms with Crippen LogP contribution >= 0.6 is 24.0 Å². The van der Waals surface area contributed by atoms with Crippen molar-refractivity contribution in [3.8, 4) is 11.5 Å². The second kappa shape index (κ2) is 12.6. The monoisotopic (exact) mass is 553 g/mol. The zero-order valence-electron chi connectivity index (χ0n) is 18.5. The van der Waals surface area contributed by atoms with Gasteiger partial charge in [0.25, 0.3) is 0 Å². The molecule has 0 unspecified atom stereocenters. The number of sulfone groups is 1.